The van der Waals surface area contributed by atoms with E-state index >= 15 is 0 Å². The highest BCUT2D eigenvalue weighted by Gasteiger charge is 2.28. The number of carbonyl (C=O) groups excluding carboxylic acids is 1. The third kappa shape index (κ3) is 4.37. The molecule has 0 aliphatic carbocycles. The maximum atomic E-state index is 12.4. The maximum Gasteiger partial charge on any atom is 0.410 e. The number of carbonyl (C=O) groups is 1. The van der Waals surface area contributed by atoms with E-state index in [-0.39, 0.29) is 6.09 Å². The van der Waals surface area contributed by atoms with Crippen LogP contribution < -0.4 is 5.73 Å². The van der Waals surface area contributed by atoms with Crippen molar-refractivity contribution < 1.29 is 14.6 Å². The second-order valence-electron chi connectivity index (χ2n) is 7.81. The highest BCUT2D eigenvalue weighted by molar-refractivity contribution is 6.30. The van der Waals surface area contributed by atoms with Gasteiger partial charge in [-0.25, -0.2) is 4.79 Å². The van der Waals surface area contributed by atoms with Crippen molar-refractivity contribution in [2.24, 2.45) is 0 Å². The molecule has 0 saturated heterocycles. The Morgan fingerprint density at radius 3 is 2.70 bits per heavy atom. The molecule has 2 aromatic carbocycles. The molecular weight excluding hydrogens is 364 g/mol. The van der Waals surface area contributed by atoms with Crippen LogP contribution in [0.25, 0.3) is 0 Å². The van der Waals surface area contributed by atoms with Gasteiger partial charge in [0.25, 0.3) is 0 Å². The Morgan fingerprint density at radius 2 is 2.00 bits per heavy atom. The van der Waals surface area contributed by atoms with Gasteiger partial charge in [-0.3, -0.25) is 0 Å². The average Bonchev–Trinajstić information content (AvgIpc) is 2.60. The predicted molar refractivity (Wildman–Crippen MR) is 107 cm³/mol. The van der Waals surface area contributed by atoms with Gasteiger partial charge in [-0.2, -0.15) is 0 Å². The summed E-state index contributed by atoms with van der Waals surface area (Å²) in [6.45, 7) is 6.55. The Kier molecular flexibility index (Phi) is 5.36. The molecule has 0 bridgehead atoms. The first-order valence-electron chi connectivity index (χ1n) is 8.97. The standard InChI is InChI=1S/C21H25ClN2O3/c1-21(2,3)27-20(26)24-10-9-15-13(12-24)5-4-6-16(15)19(25)17-11-14(22)7-8-18(17)23/h4-8,11,19,25H,9-10,12,23H2,1-3H3. The molecule has 1 aliphatic heterocycles. The fourth-order valence-electron chi connectivity index (χ4n) is 3.33. The molecule has 1 aliphatic rings. The minimum absolute atomic E-state index is 0.321. The molecule has 1 atom stereocenters. The highest BCUT2D eigenvalue weighted by Crippen LogP contribution is 2.34. The first-order chi connectivity index (χ1) is 12.7. The number of aliphatic hydroxyl groups is 1. The number of halogens is 1. The van der Waals surface area contributed by atoms with E-state index in [9.17, 15) is 9.90 Å². The number of amides is 1. The van der Waals surface area contributed by atoms with E-state index in [1.54, 1.807) is 23.1 Å². The largest absolute Gasteiger partial charge is 0.444 e. The molecule has 0 radical (unpaired) electrons. The molecular formula is C21H25ClN2O3. The summed E-state index contributed by atoms with van der Waals surface area (Å²) in [5.41, 5.74) is 9.44. The minimum Gasteiger partial charge on any atom is -0.444 e. The monoisotopic (exact) mass is 388 g/mol. The Hall–Kier alpha value is -2.24. The van der Waals surface area contributed by atoms with Gasteiger partial charge >= 0.3 is 6.09 Å². The smallest absolute Gasteiger partial charge is 0.410 e. The zero-order chi connectivity index (χ0) is 19.8. The summed E-state index contributed by atoms with van der Waals surface area (Å²) in [4.78, 5) is 14.1. The van der Waals surface area contributed by atoms with Gasteiger partial charge in [0.1, 0.15) is 11.7 Å². The molecule has 1 heterocycles. The van der Waals surface area contributed by atoms with Crippen molar-refractivity contribution in [3.05, 3.63) is 63.7 Å². The number of nitrogens with zero attached hydrogens (tertiary/aromatic N) is 1. The van der Waals surface area contributed by atoms with Crippen molar-refractivity contribution in [2.45, 2.75) is 45.4 Å². The lowest BCUT2D eigenvalue weighted by atomic mass is 9.89. The summed E-state index contributed by atoms with van der Waals surface area (Å²) < 4.78 is 5.47. The number of hydrogen-bond donors (Lipinski definition) is 2. The van der Waals surface area contributed by atoms with Crippen LogP contribution in [-0.4, -0.2) is 28.2 Å². The number of ether oxygens (including phenoxy) is 1. The van der Waals surface area contributed by atoms with Gasteiger partial charge in [-0.15, -0.1) is 0 Å². The molecule has 1 unspecified atom stereocenters. The van der Waals surface area contributed by atoms with Gasteiger partial charge in [0.05, 0.1) is 0 Å². The summed E-state index contributed by atoms with van der Waals surface area (Å²) in [7, 11) is 0. The van der Waals surface area contributed by atoms with Gasteiger partial charge in [0.15, 0.2) is 0 Å². The minimum atomic E-state index is -0.869. The van der Waals surface area contributed by atoms with E-state index in [2.05, 4.69) is 0 Å². The van der Waals surface area contributed by atoms with Crippen LogP contribution in [0.15, 0.2) is 36.4 Å². The Labute approximate surface area is 164 Å². The topological polar surface area (TPSA) is 75.8 Å². The van der Waals surface area contributed by atoms with Crippen LogP contribution in [-0.2, 0) is 17.7 Å². The number of hydrogen-bond acceptors (Lipinski definition) is 4. The molecule has 2 aromatic rings. The molecule has 3 N–H and O–H groups in total. The average molecular weight is 389 g/mol. The molecule has 1 amide bonds. The van der Waals surface area contributed by atoms with Crippen LogP contribution in [0.5, 0.6) is 0 Å². The van der Waals surface area contributed by atoms with Crippen LogP contribution in [0.4, 0.5) is 10.5 Å². The number of nitrogen functional groups attached to an aromatic ring is 1. The van der Waals surface area contributed by atoms with Crippen LogP contribution >= 0.6 is 11.6 Å². The van der Waals surface area contributed by atoms with Crippen molar-refractivity contribution in [1.82, 2.24) is 4.90 Å². The van der Waals surface area contributed by atoms with E-state index in [0.717, 1.165) is 16.7 Å². The summed E-state index contributed by atoms with van der Waals surface area (Å²) in [6, 6.07) is 10.8. The van der Waals surface area contributed by atoms with Gasteiger partial charge in [-0.05, 0) is 62.1 Å². The van der Waals surface area contributed by atoms with Gasteiger partial charge < -0.3 is 20.5 Å². The van der Waals surface area contributed by atoms with Crippen molar-refractivity contribution >= 4 is 23.4 Å². The second kappa shape index (κ2) is 7.41. The summed E-state index contributed by atoms with van der Waals surface area (Å²) in [5.74, 6) is 0. The zero-order valence-corrected chi connectivity index (χ0v) is 16.6. The molecule has 6 heteroatoms. The lowest BCUT2D eigenvalue weighted by molar-refractivity contribution is 0.0223. The third-order valence-corrected chi connectivity index (χ3v) is 4.83. The van der Waals surface area contributed by atoms with Crippen LogP contribution in [0.3, 0.4) is 0 Å². The summed E-state index contributed by atoms with van der Waals surface area (Å²) in [6.07, 6.45) is -0.549. The van der Waals surface area contributed by atoms with Gasteiger partial charge in [0.2, 0.25) is 0 Å². The molecule has 0 aromatic heterocycles. The molecule has 0 saturated carbocycles. The number of anilines is 1. The number of aliphatic hydroxyl groups excluding tert-OH is 1. The molecule has 5 nitrogen and oxygen atoms in total. The Bertz CT molecular complexity index is 861. The third-order valence-electron chi connectivity index (χ3n) is 4.59. The Balaban J connectivity index is 1.87. The van der Waals surface area contributed by atoms with Crippen molar-refractivity contribution in [1.29, 1.82) is 0 Å². The Morgan fingerprint density at radius 1 is 1.26 bits per heavy atom. The van der Waals surface area contributed by atoms with E-state index in [4.69, 9.17) is 22.1 Å². The predicted octanol–water partition coefficient (Wildman–Crippen LogP) is 4.30. The SMILES string of the molecule is CC(C)(C)OC(=O)N1CCc2c(cccc2C(O)c2cc(Cl)ccc2N)C1. The molecule has 3 rings (SSSR count). The quantitative estimate of drug-likeness (QED) is 0.752. The van der Waals surface area contributed by atoms with E-state index in [0.29, 0.717) is 35.8 Å². The fraction of sp³-hybridized carbons (Fsp3) is 0.381. The maximum absolute atomic E-state index is 12.4. The fourth-order valence-corrected chi connectivity index (χ4v) is 3.51. The summed E-state index contributed by atoms with van der Waals surface area (Å²) in [5, 5.41) is 11.5. The first kappa shape index (κ1) is 19.5. The second-order valence-corrected chi connectivity index (χ2v) is 8.25. The van der Waals surface area contributed by atoms with Gasteiger partial charge in [-0.1, -0.05) is 29.8 Å². The van der Waals surface area contributed by atoms with Crippen molar-refractivity contribution in [3.8, 4) is 0 Å². The lowest BCUT2D eigenvalue weighted by Gasteiger charge is -2.32. The van der Waals surface area contributed by atoms with E-state index < -0.39 is 11.7 Å². The number of benzene rings is 2. The molecule has 0 spiro atoms. The molecule has 144 valence electrons. The number of fused-ring (bicyclic) bond motifs is 1. The van der Waals surface area contributed by atoms with Crippen LogP contribution in [0, 0.1) is 0 Å². The van der Waals surface area contributed by atoms with Gasteiger partial charge in [0, 0.05) is 29.4 Å². The zero-order valence-electron chi connectivity index (χ0n) is 15.8. The molecule has 0 fully saturated rings. The molecule has 27 heavy (non-hydrogen) atoms. The van der Waals surface area contributed by atoms with Crippen LogP contribution in [0.2, 0.25) is 5.02 Å². The highest BCUT2D eigenvalue weighted by atomic mass is 35.5. The van der Waals surface area contributed by atoms with E-state index in [1.807, 2.05) is 39.0 Å². The van der Waals surface area contributed by atoms with Crippen molar-refractivity contribution in [2.75, 3.05) is 12.3 Å². The van der Waals surface area contributed by atoms with E-state index in [1.165, 1.54) is 0 Å². The lowest BCUT2D eigenvalue weighted by Crippen LogP contribution is -2.40. The number of rotatable bonds is 2. The van der Waals surface area contributed by atoms with Crippen molar-refractivity contribution in [3.63, 3.8) is 0 Å². The summed E-state index contributed by atoms with van der Waals surface area (Å²) >= 11 is 6.07. The number of nitrogens with two attached hydrogens (primary N) is 1. The first-order valence-corrected chi connectivity index (χ1v) is 9.35. The van der Waals surface area contributed by atoms with Crippen LogP contribution in [0.1, 0.15) is 49.1 Å². The normalized spacial score (nSPS) is 15.2.